The standard InChI is InChI=1S/C63H52N2/c1-61(2)39-40-62(3,4)60-51(30-20-32-55(60)61)53-41-52-48-27-14-17-31-54(48)63(43-21-8-5-9-22-43,44-23-10-6-11-24-44)56(52)42-59(53)64(45-25-12-7-13-26-45)46-35-37-47(38-36-46)65-57-33-18-15-28-49(57)50-29-16-19-34-58(50)65/h5-38,41-42H,39-40H2,1-4H3. The van der Waals surface area contributed by atoms with Gasteiger partial charge in [-0.25, -0.2) is 0 Å². The average molecular weight is 837 g/mol. The quantitative estimate of drug-likeness (QED) is 0.155. The molecule has 0 saturated heterocycles. The molecule has 2 heteroatoms. The molecule has 0 fully saturated rings. The number of anilines is 3. The first kappa shape index (κ1) is 39.2. The minimum absolute atomic E-state index is 0.0188. The molecule has 10 aromatic rings. The molecule has 12 rings (SSSR count). The maximum absolute atomic E-state index is 2.57. The Kier molecular flexibility index (Phi) is 8.94. The number of aromatic nitrogens is 1. The Balaban J connectivity index is 1.18. The van der Waals surface area contributed by atoms with Crippen molar-refractivity contribution in [2.24, 2.45) is 0 Å². The van der Waals surface area contributed by atoms with Gasteiger partial charge in [-0.2, -0.15) is 0 Å². The molecule has 1 heterocycles. The van der Waals surface area contributed by atoms with Gasteiger partial charge in [0.25, 0.3) is 0 Å². The predicted molar refractivity (Wildman–Crippen MR) is 273 cm³/mol. The molecule has 0 unspecified atom stereocenters. The number of hydrogen-bond donors (Lipinski definition) is 0. The van der Waals surface area contributed by atoms with E-state index in [4.69, 9.17) is 0 Å². The second-order valence-corrected chi connectivity index (χ2v) is 19.5. The summed E-state index contributed by atoms with van der Waals surface area (Å²) in [6.45, 7) is 9.80. The van der Waals surface area contributed by atoms with Crippen LogP contribution in [0.25, 0.3) is 49.7 Å². The summed E-state index contributed by atoms with van der Waals surface area (Å²) >= 11 is 0. The van der Waals surface area contributed by atoms with E-state index in [1.807, 2.05) is 0 Å². The maximum atomic E-state index is 2.57. The van der Waals surface area contributed by atoms with E-state index in [9.17, 15) is 0 Å². The molecule has 2 nitrogen and oxygen atoms in total. The molecular formula is C63H52N2. The zero-order chi connectivity index (χ0) is 43.9. The fourth-order valence-electron chi connectivity index (χ4n) is 11.8. The Morgan fingerprint density at radius 2 is 0.892 bits per heavy atom. The highest BCUT2D eigenvalue weighted by Crippen LogP contribution is 2.60. The lowest BCUT2D eigenvalue weighted by molar-refractivity contribution is 0.333. The number of rotatable bonds is 7. The van der Waals surface area contributed by atoms with E-state index in [0.29, 0.717) is 0 Å². The number of para-hydroxylation sites is 3. The fourth-order valence-corrected chi connectivity index (χ4v) is 11.8. The van der Waals surface area contributed by atoms with Crippen LogP contribution in [0, 0.1) is 0 Å². The Morgan fingerprint density at radius 1 is 0.385 bits per heavy atom. The summed E-state index contributed by atoms with van der Waals surface area (Å²) in [7, 11) is 0. The molecule has 0 amide bonds. The number of fused-ring (bicyclic) bond motifs is 7. The van der Waals surface area contributed by atoms with Crippen LogP contribution in [0.4, 0.5) is 17.1 Å². The molecule has 0 saturated carbocycles. The number of hydrogen-bond acceptors (Lipinski definition) is 1. The van der Waals surface area contributed by atoms with Crippen LogP contribution in [0.2, 0.25) is 0 Å². The lowest BCUT2D eigenvalue weighted by Crippen LogP contribution is -2.34. The Hall–Kier alpha value is -7.42. The second-order valence-electron chi connectivity index (χ2n) is 19.5. The Labute approximate surface area is 383 Å². The molecule has 0 atom stereocenters. The monoisotopic (exact) mass is 836 g/mol. The minimum Gasteiger partial charge on any atom is -0.310 e. The molecule has 0 bridgehead atoms. The topological polar surface area (TPSA) is 8.17 Å². The lowest BCUT2D eigenvalue weighted by Gasteiger charge is -2.43. The van der Waals surface area contributed by atoms with Gasteiger partial charge in [0.05, 0.1) is 22.1 Å². The van der Waals surface area contributed by atoms with Gasteiger partial charge < -0.3 is 9.47 Å². The summed E-state index contributed by atoms with van der Waals surface area (Å²) in [5.41, 5.74) is 19.6. The van der Waals surface area contributed by atoms with Crippen LogP contribution >= 0.6 is 0 Å². The molecular weight excluding hydrogens is 785 g/mol. The third kappa shape index (κ3) is 5.93. The highest BCUT2D eigenvalue weighted by atomic mass is 15.1. The molecule has 1 aromatic heterocycles. The first-order valence-corrected chi connectivity index (χ1v) is 23.2. The van der Waals surface area contributed by atoms with Gasteiger partial charge in [0, 0.05) is 33.4 Å². The first-order chi connectivity index (χ1) is 31.8. The number of benzene rings is 9. The zero-order valence-corrected chi connectivity index (χ0v) is 37.6. The van der Waals surface area contributed by atoms with Crippen LogP contribution in [-0.4, -0.2) is 4.57 Å². The van der Waals surface area contributed by atoms with Crippen LogP contribution < -0.4 is 4.90 Å². The fraction of sp³-hybridized carbons (Fsp3) is 0.143. The van der Waals surface area contributed by atoms with E-state index >= 15 is 0 Å². The van der Waals surface area contributed by atoms with Crippen molar-refractivity contribution < 1.29 is 0 Å². The van der Waals surface area contributed by atoms with Crippen molar-refractivity contribution >= 4 is 38.9 Å². The van der Waals surface area contributed by atoms with Gasteiger partial charge in [-0.05, 0) is 134 Å². The van der Waals surface area contributed by atoms with E-state index in [0.717, 1.165) is 35.6 Å². The molecule has 2 aliphatic rings. The van der Waals surface area contributed by atoms with Crippen LogP contribution in [0.3, 0.4) is 0 Å². The van der Waals surface area contributed by atoms with Crippen LogP contribution in [0.5, 0.6) is 0 Å². The van der Waals surface area contributed by atoms with Crippen LogP contribution in [-0.2, 0) is 16.2 Å². The molecule has 9 aromatic carbocycles. The molecule has 0 radical (unpaired) electrons. The van der Waals surface area contributed by atoms with E-state index in [-0.39, 0.29) is 10.8 Å². The minimum atomic E-state index is -0.554. The van der Waals surface area contributed by atoms with Gasteiger partial charge in [0.1, 0.15) is 0 Å². The summed E-state index contributed by atoms with van der Waals surface area (Å²) in [5.74, 6) is 0. The Bertz CT molecular complexity index is 3320. The Morgan fingerprint density at radius 3 is 1.54 bits per heavy atom. The van der Waals surface area contributed by atoms with E-state index < -0.39 is 5.41 Å². The van der Waals surface area contributed by atoms with Crippen molar-refractivity contribution in [3.8, 4) is 27.9 Å². The average Bonchev–Trinajstić information content (AvgIpc) is 3.84. The summed E-state index contributed by atoms with van der Waals surface area (Å²) in [6.07, 6.45) is 2.29. The van der Waals surface area contributed by atoms with Crippen molar-refractivity contribution in [1.29, 1.82) is 0 Å². The van der Waals surface area contributed by atoms with Gasteiger partial charge in [-0.1, -0.05) is 185 Å². The van der Waals surface area contributed by atoms with Crippen molar-refractivity contribution in [1.82, 2.24) is 4.57 Å². The maximum Gasteiger partial charge on any atom is 0.0714 e. The van der Waals surface area contributed by atoms with Gasteiger partial charge in [-0.3, -0.25) is 0 Å². The van der Waals surface area contributed by atoms with Gasteiger partial charge in [0.15, 0.2) is 0 Å². The van der Waals surface area contributed by atoms with Crippen molar-refractivity contribution in [2.75, 3.05) is 4.90 Å². The second kappa shape index (κ2) is 14.8. The van der Waals surface area contributed by atoms with Crippen LogP contribution in [0.1, 0.15) is 73.9 Å². The number of nitrogens with zero attached hydrogens (tertiary/aromatic N) is 2. The SMILES string of the molecule is CC1(C)CCC(C)(C)c2c(-c3cc4c(cc3N(c3ccccc3)c3ccc(-n5c6ccccc6c6ccccc65)cc3)C(c3ccccc3)(c3ccccc3)c3ccccc3-4)cccc21. The molecule has 0 aliphatic heterocycles. The normalized spacial score (nSPS) is 15.3. The van der Waals surface area contributed by atoms with E-state index in [1.165, 1.54) is 77.4 Å². The van der Waals surface area contributed by atoms with Gasteiger partial charge >= 0.3 is 0 Å². The third-order valence-corrected chi connectivity index (χ3v) is 14.9. The molecule has 0 N–H and O–H groups in total. The largest absolute Gasteiger partial charge is 0.310 e. The van der Waals surface area contributed by atoms with Gasteiger partial charge in [0.2, 0.25) is 0 Å². The highest BCUT2D eigenvalue weighted by Gasteiger charge is 2.47. The first-order valence-electron chi connectivity index (χ1n) is 23.2. The molecule has 2 aliphatic carbocycles. The highest BCUT2D eigenvalue weighted by molar-refractivity contribution is 6.09. The summed E-state index contributed by atoms with van der Waals surface area (Å²) in [5, 5.41) is 2.53. The predicted octanol–water partition coefficient (Wildman–Crippen LogP) is 16.6. The lowest BCUT2D eigenvalue weighted by atomic mass is 9.61. The zero-order valence-electron chi connectivity index (χ0n) is 37.6. The summed E-state index contributed by atoms with van der Waals surface area (Å²) < 4.78 is 2.41. The smallest absolute Gasteiger partial charge is 0.0714 e. The molecule has 314 valence electrons. The van der Waals surface area contributed by atoms with E-state index in [1.54, 1.807) is 0 Å². The van der Waals surface area contributed by atoms with Crippen LogP contribution in [0.15, 0.2) is 218 Å². The van der Waals surface area contributed by atoms with Crippen molar-refractivity contribution in [3.63, 3.8) is 0 Å². The summed E-state index contributed by atoms with van der Waals surface area (Å²) in [4.78, 5) is 2.52. The van der Waals surface area contributed by atoms with E-state index in [2.05, 4.69) is 256 Å². The molecule has 0 spiro atoms. The van der Waals surface area contributed by atoms with Crippen molar-refractivity contribution in [3.05, 3.63) is 252 Å². The third-order valence-electron chi connectivity index (χ3n) is 14.9. The van der Waals surface area contributed by atoms with Gasteiger partial charge in [-0.15, -0.1) is 0 Å². The van der Waals surface area contributed by atoms with Crippen molar-refractivity contribution in [2.45, 2.75) is 56.8 Å². The summed E-state index contributed by atoms with van der Waals surface area (Å²) in [6, 6.07) is 81.6. The molecule has 65 heavy (non-hydrogen) atoms.